The molecular formula is C14H20F3N3O3S. The van der Waals surface area contributed by atoms with E-state index in [9.17, 15) is 22.5 Å². The third-order valence-corrected chi connectivity index (χ3v) is 4.51. The summed E-state index contributed by atoms with van der Waals surface area (Å²) < 4.78 is 56.1. The van der Waals surface area contributed by atoms with E-state index in [0.29, 0.717) is 0 Å². The van der Waals surface area contributed by atoms with Crippen LogP contribution in [0.1, 0.15) is 39.2 Å². The third-order valence-electron chi connectivity index (χ3n) is 3.08. The van der Waals surface area contributed by atoms with Gasteiger partial charge in [0.05, 0.1) is 18.5 Å². The second-order valence-corrected chi connectivity index (χ2v) is 8.25. The maximum absolute atomic E-state index is 13.1. The molecule has 1 N–H and O–H groups in total. The zero-order valence-electron chi connectivity index (χ0n) is 13.8. The molecule has 6 nitrogen and oxygen atoms in total. The molecule has 1 aromatic rings. The largest absolute Gasteiger partial charge is 0.591 e. The highest BCUT2D eigenvalue weighted by molar-refractivity contribution is 7.91. The second kappa shape index (κ2) is 7.56. The number of aliphatic carboxylic acids is 1. The summed E-state index contributed by atoms with van der Waals surface area (Å²) in [6.45, 7) is 4.93. The van der Waals surface area contributed by atoms with Gasteiger partial charge < -0.3 is 9.66 Å². The van der Waals surface area contributed by atoms with Crippen LogP contribution >= 0.6 is 0 Å². The quantitative estimate of drug-likeness (QED) is 0.618. The molecule has 0 aromatic carbocycles. The van der Waals surface area contributed by atoms with Crippen molar-refractivity contribution in [2.75, 3.05) is 0 Å². The van der Waals surface area contributed by atoms with Gasteiger partial charge in [0.15, 0.2) is 0 Å². The number of nitrogens with zero attached hydrogens (tertiary/aromatic N) is 3. The summed E-state index contributed by atoms with van der Waals surface area (Å²) >= 11 is -1.78. The van der Waals surface area contributed by atoms with Crippen LogP contribution in [-0.4, -0.2) is 42.0 Å². The van der Waals surface area contributed by atoms with E-state index in [1.807, 2.05) is 0 Å². The lowest BCUT2D eigenvalue weighted by Crippen LogP contribution is -2.30. The number of alkyl halides is 3. The standard InChI is InChI=1S/C14H20F3N3O3S/c1-13(2,3)24(23)19-11(9-7-18-20(4)8-9)5-10(6-12(21)22)14(15,16)17/h7-8,10H,5-6H2,1-4H3,(H,21,22)/t10?,24-/m1/s1. The van der Waals surface area contributed by atoms with Crippen LogP contribution in [0.15, 0.2) is 16.8 Å². The van der Waals surface area contributed by atoms with E-state index in [2.05, 4.69) is 9.50 Å². The Morgan fingerprint density at radius 3 is 2.38 bits per heavy atom. The Morgan fingerprint density at radius 1 is 1.42 bits per heavy atom. The van der Waals surface area contributed by atoms with Crippen molar-refractivity contribution in [3.63, 3.8) is 0 Å². The van der Waals surface area contributed by atoms with E-state index >= 15 is 0 Å². The van der Waals surface area contributed by atoms with Gasteiger partial charge in [0, 0.05) is 25.2 Å². The molecule has 0 saturated carbocycles. The molecule has 0 amide bonds. The molecule has 1 unspecified atom stereocenters. The first-order valence-corrected chi connectivity index (χ1v) is 8.18. The number of halogens is 3. The van der Waals surface area contributed by atoms with Gasteiger partial charge in [0.1, 0.15) is 21.8 Å². The highest BCUT2D eigenvalue weighted by atomic mass is 32.2. The minimum Gasteiger partial charge on any atom is -0.591 e. The number of hydrogen-bond donors (Lipinski definition) is 1. The Balaban J connectivity index is 3.22. The van der Waals surface area contributed by atoms with Gasteiger partial charge in [0.25, 0.3) is 0 Å². The summed E-state index contributed by atoms with van der Waals surface area (Å²) in [5.41, 5.74) is 0.217. The van der Waals surface area contributed by atoms with Gasteiger partial charge in [0.2, 0.25) is 0 Å². The number of aryl methyl sites for hydroxylation is 1. The van der Waals surface area contributed by atoms with E-state index in [1.54, 1.807) is 27.8 Å². The lowest BCUT2D eigenvalue weighted by Gasteiger charge is -2.21. The van der Waals surface area contributed by atoms with Crippen LogP contribution in [0, 0.1) is 5.92 Å². The number of aromatic nitrogens is 2. The normalized spacial score (nSPS) is 16.1. The Hall–Kier alpha value is -1.55. The number of carboxylic acids is 1. The summed E-state index contributed by atoms with van der Waals surface area (Å²) in [6, 6.07) is 0. The summed E-state index contributed by atoms with van der Waals surface area (Å²) in [4.78, 5) is 10.7. The van der Waals surface area contributed by atoms with Gasteiger partial charge in [-0.3, -0.25) is 9.48 Å². The fourth-order valence-electron chi connectivity index (χ4n) is 1.76. The number of rotatable bonds is 6. The topological polar surface area (TPSA) is 90.5 Å². The van der Waals surface area contributed by atoms with Gasteiger partial charge >= 0.3 is 12.1 Å². The van der Waals surface area contributed by atoms with Crippen molar-refractivity contribution >= 4 is 23.0 Å². The third kappa shape index (κ3) is 6.16. The van der Waals surface area contributed by atoms with Crippen molar-refractivity contribution in [1.82, 2.24) is 9.78 Å². The molecule has 10 heteroatoms. The van der Waals surface area contributed by atoms with E-state index in [0.717, 1.165) is 0 Å². The molecule has 1 rings (SSSR count). The molecule has 24 heavy (non-hydrogen) atoms. The van der Waals surface area contributed by atoms with Crippen molar-refractivity contribution in [2.45, 2.75) is 44.5 Å². The number of carboxylic acid groups (broad SMARTS) is 1. The van der Waals surface area contributed by atoms with Crippen LogP contribution in [-0.2, 0) is 23.2 Å². The van der Waals surface area contributed by atoms with Crippen LogP contribution in [0.3, 0.4) is 0 Å². The first-order chi connectivity index (χ1) is 10.8. The minimum absolute atomic E-state index is 0.0695. The lowest BCUT2D eigenvalue weighted by atomic mass is 9.95. The molecular weight excluding hydrogens is 347 g/mol. The van der Waals surface area contributed by atoms with E-state index in [-0.39, 0.29) is 11.3 Å². The zero-order valence-corrected chi connectivity index (χ0v) is 14.6. The van der Waals surface area contributed by atoms with Crippen molar-refractivity contribution in [2.24, 2.45) is 17.4 Å². The maximum atomic E-state index is 13.1. The average molecular weight is 367 g/mol. The molecule has 0 aliphatic heterocycles. The van der Waals surface area contributed by atoms with E-state index < -0.39 is 47.0 Å². The Morgan fingerprint density at radius 2 is 2.00 bits per heavy atom. The molecule has 0 spiro atoms. The van der Waals surface area contributed by atoms with Crippen LogP contribution < -0.4 is 0 Å². The molecule has 1 heterocycles. The first-order valence-electron chi connectivity index (χ1n) is 7.07. The number of hydrogen-bond acceptors (Lipinski definition) is 4. The second-order valence-electron chi connectivity index (χ2n) is 6.34. The van der Waals surface area contributed by atoms with Gasteiger partial charge in [-0.2, -0.15) is 18.3 Å². The monoisotopic (exact) mass is 367 g/mol. The SMILES string of the molecule is Cn1cc(C(CC(CC(=O)O)C(F)(F)F)=N[S@+]([O-])C(C)(C)C)cn1. The molecule has 2 atom stereocenters. The number of carbonyl (C=O) groups is 1. The predicted octanol–water partition coefficient (Wildman–Crippen LogP) is 2.71. The molecule has 0 radical (unpaired) electrons. The smallest absolute Gasteiger partial charge is 0.392 e. The van der Waals surface area contributed by atoms with Crippen molar-refractivity contribution in [3.05, 3.63) is 18.0 Å². The summed E-state index contributed by atoms with van der Waals surface area (Å²) in [6.07, 6.45) is -3.70. The average Bonchev–Trinajstić information content (AvgIpc) is 2.80. The van der Waals surface area contributed by atoms with Crippen LogP contribution in [0.25, 0.3) is 0 Å². The molecule has 136 valence electrons. The van der Waals surface area contributed by atoms with Crippen LogP contribution in [0.4, 0.5) is 13.2 Å². The highest BCUT2D eigenvalue weighted by Crippen LogP contribution is 2.33. The van der Waals surface area contributed by atoms with Crippen molar-refractivity contribution in [1.29, 1.82) is 0 Å². The van der Waals surface area contributed by atoms with Gasteiger partial charge in [-0.25, -0.2) is 0 Å². The molecule has 0 fully saturated rings. The minimum atomic E-state index is -4.70. The van der Waals surface area contributed by atoms with Gasteiger partial charge in [-0.05, 0) is 20.8 Å². The highest BCUT2D eigenvalue weighted by Gasteiger charge is 2.42. The van der Waals surface area contributed by atoms with Crippen molar-refractivity contribution in [3.8, 4) is 0 Å². The predicted molar refractivity (Wildman–Crippen MR) is 84.1 cm³/mol. The lowest BCUT2D eigenvalue weighted by molar-refractivity contribution is -0.181. The summed E-state index contributed by atoms with van der Waals surface area (Å²) in [7, 11) is 1.58. The molecule has 1 aromatic heterocycles. The Bertz CT molecular complexity index is 608. The molecule has 0 aliphatic carbocycles. The summed E-state index contributed by atoms with van der Waals surface area (Å²) in [5.74, 6) is -3.68. The summed E-state index contributed by atoms with van der Waals surface area (Å²) in [5, 5.41) is 12.6. The molecule has 0 aliphatic rings. The van der Waals surface area contributed by atoms with Crippen LogP contribution in [0.5, 0.6) is 0 Å². The fourth-order valence-corrected chi connectivity index (χ4v) is 2.42. The van der Waals surface area contributed by atoms with Gasteiger partial charge in [-0.1, -0.05) is 4.40 Å². The Labute approximate surface area is 141 Å². The van der Waals surface area contributed by atoms with Crippen LogP contribution in [0.2, 0.25) is 0 Å². The zero-order chi connectivity index (χ0) is 18.7. The first kappa shape index (κ1) is 20.5. The Kier molecular flexibility index (Phi) is 6.45. The molecule has 0 saturated heterocycles. The van der Waals surface area contributed by atoms with E-state index in [4.69, 9.17) is 5.11 Å². The molecule has 0 bridgehead atoms. The van der Waals surface area contributed by atoms with E-state index in [1.165, 1.54) is 17.1 Å². The fraction of sp³-hybridized carbons (Fsp3) is 0.643. The van der Waals surface area contributed by atoms with Crippen molar-refractivity contribution < 1.29 is 27.6 Å². The van der Waals surface area contributed by atoms with Gasteiger partial charge in [-0.15, -0.1) is 0 Å². The maximum Gasteiger partial charge on any atom is 0.392 e.